The Labute approximate surface area is 137 Å². The second-order valence-corrected chi connectivity index (χ2v) is 5.75. The van der Waals surface area contributed by atoms with Crippen molar-refractivity contribution in [2.45, 2.75) is 13.0 Å². The Hall–Kier alpha value is -3.22. The zero-order valence-corrected chi connectivity index (χ0v) is 13.1. The standard InChI is InChI=1S/C17H15N5O2/c1-21-10-12(8-19-21)22-6-5-16(23)15(20-22)7-11-3-2-4-13-14(11)9-18-17(13)24/h2-6,8,10H,7,9H2,1H3,(H,18,24). The maximum absolute atomic E-state index is 12.2. The maximum atomic E-state index is 12.2. The first-order chi connectivity index (χ1) is 11.6. The van der Waals surface area contributed by atoms with Crippen LogP contribution in [0, 0.1) is 0 Å². The molecule has 3 heterocycles. The molecule has 0 fully saturated rings. The molecule has 1 amide bonds. The second kappa shape index (κ2) is 5.45. The van der Waals surface area contributed by atoms with E-state index in [-0.39, 0.29) is 11.3 Å². The van der Waals surface area contributed by atoms with Crippen LogP contribution in [0.5, 0.6) is 0 Å². The van der Waals surface area contributed by atoms with Gasteiger partial charge in [-0.25, -0.2) is 4.68 Å². The van der Waals surface area contributed by atoms with Gasteiger partial charge in [-0.3, -0.25) is 14.3 Å². The maximum Gasteiger partial charge on any atom is 0.251 e. The van der Waals surface area contributed by atoms with Gasteiger partial charge in [0.25, 0.3) is 5.91 Å². The van der Waals surface area contributed by atoms with Crippen LogP contribution in [0.4, 0.5) is 0 Å². The van der Waals surface area contributed by atoms with Crippen LogP contribution in [0.25, 0.3) is 5.69 Å². The molecule has 3 aromatic rings. The molecule has 0 atom stereocenters. The summed E-state index contributed by atoms with van der Waals surface area (Å²) in [5, 5.41) is 11.4. The number of amides is 1. The molecule has 0 aliphatic carbocycles. The largest absolute Gasteiger partial charge is 0.348 e. The van der Waals surface area contributed by atoms with Crippen molar-refractivity contribution in [3.63, 3.8) is 0 Å². The molecule has 0 unspecified atom stereocenters. The lowest BCUT2D eigenvalue weighted by molar-refractivity contribution is 0.0966. The Morgan fingerprint density at radius 2 is 2.12 bits per heavy atom. The number of nitrogens with one attached hydrogen (secondary N) is 1. The van der Waals surface area contributed by atoms with E-state index in [0.717, 1.165) is 16.8 Å². The molecule has 0 saturated carbocycles. The third-order valence-electron chi connectivity index (χ3n) is 4.14. The van der Waals surface area contributed by atoms with Crippen LogP contribution in [-0.4, -0.2) is 25.5 Å². The molecule has 0 spiro atoms. The summed E-state index contributed by atoms with van der Waals surface area (Å²) in [4.78, 5) is 24.0. The quantitative estimate of drug-likeness (QED) is 0.773. The molecule has 24 heavy (non-hydrogen) atoms. The summed E-state index contributed by atoms with van der Waals surface area (Å²) in [6, 6.07) is 7.07. The molecular weight excluding hydrogens is 306 g/mol. The summed E-state index contributed by atoms with van der Waals surface area (Å²) in [6.07, 6.45) is 5.52. The number of benzene rings is 1. The Morgan fingerprint density at radius 1 is 1.25 bits per heavy atom. The van der Waals surface area contributed by atoms with Crippen LogP contribution in [-0.2, 0) is 20.0 Å². The summed E-state index contributed by atoms with van der Waals surface area (Å²) in [7, 11) is 1.82. The Balaban J connectivity index is 1.73. The molecule has 0 saturated heterocycles. The van der Waals surface area contributed by atoms with E-state index in [1.807, 2.05) is 25.4 Å². The van der Waals surface area contributed by atoms with Gasteiger partial charge in [-0.2, -0.15) is 10.2 Å². The molecule has 1 N–H and O–H groups in total. The zero-order chi connectivity index (χ0) is 16.7. The highest BCUT2D eigenvalue weighted by molar-refractivity contribution is 5.98. The third kappa shape index (κ3) is 2.40. The lowest BCUT2D eigenvalue weighted by Gasteiger charge is -2.08. The summed E-state index contributed by atoms with van der Waals surface area (Å²) in [5.41, 5.74) is 3.67. The first-order valence-corrected chi connectivity index (χ1v) is 7.58. The van der Waals surface area contributed by atoms with Crippen molar-refractivity contribution in [3.05, 3.63) is 75.5 Å². The van der Waals surface area contributed by atoms with Crippen molar-refractivity contribution in [1.82, 2.24) is 24.9 Å². The van der Waals surface area contributed by atoms with Crippen molar-refractivity contribution in [2.24, 2.45) is 7.05 Å². The Morgan fingerprint density at radius 3 is 2.92 bits per heavy atom. The third-order valence-corrected chi connectivity index (χ3v) is 4.14. The fraction of sp³-hybridized carbons (Fsp3) is 0.176. The molecular formula is C17H15N5O2. The molecule has 4 rings (SSSR count). The van der Waals surface area contributed by atoms with E-state index in [2.05, 4.69) is 15.5 Å². The van der Waals surface area contributed by atoms with Gasteiger partial charge in [0.1, 0.15) is 11.4 Å². The molecule has 1 aliphatic heterocycles. The van der Waals surface area contributed by atoms with E-state index in [9.17, 15) is 9.59 Å². The van der Waals surface area contributed by atoms with Gasteiger partial charge in [-0.05, 0) is 17.2 Å². The smallest absolute Gasteiger partial charge is 0.251 e. The molecule has 7 nitrogen and oxygen atoms in total. The van der Waals surface area contributed by atoms with Crippen LogP contribution in [0.3, 0.4) is 0 Å². The predicted octanol–water partition coefficient (Wildman–Crippen LogP) is 0.800. The number of hydrogen-bond acceptors (Lipinski definition) is 4. The van der Waals surface area contributed by atoms with E-state index in [0.29, 0.717) is 24.2 Å². The number of carbonyl (C=O) groups excluding carboxylic acids is 1. The number of carbonyl (C=O) groups is 1. The topological polar surface area (TPSA) is 81.8 Å². The average Bonchev–Trinajstić information content (AvgIpc) is 3.17. The fourth-order valence-corrected chi connectivity index (χ4v) is 2.91. The van der Waals surface area contributed by atoms with Gasteiger partial charge in [0.05, 0.1) is 12.4 Å². The van der Waals surface area contributed by atoms with Crippen LogP contribution in [0.15, 0.2) is 47.7 Å². The molecule has 0 radical (unpaired) electrons. The summed E-state index contributed by atoms with van der Waals surface area (Å²) < 4.78 is 3.31. The minimum absolute atomic E-state index is 0.0689. The van der Waals surface area contributed by atoms with E-state index in [4.69, 9.17) is 0 Å². The molecule has 2 aromatic heterocycles. The van der Waals surface area contributed by atoms with E-state index in [1.165, 1.54) is 6.07 Å². The van der Waals surface area contributed by atoms with Gasteiger partial charge in [-0.15, -0.1) is 0 Å². The van der Waals surface area contributed by atoms with Crippen molar-refractivity contribution < 1.29 is 4.79 Å². The first kappa shape index (κ1) is 14.4. The van der Waals surface area contributed by atoms with E-state index < -0.39 is 0 Å². The SMILES string of the molecule is Cn1cc(-n2ccc(=O)c(Cc3cccc4c3CNC4=O)n2)cn1. The average molecular weight is 321 g/mol. The lowest BCUT2D eigenvalue weighted by Crippen LogP contribution is -2.16. The number of fused-ring (bicyclic) bond motifs is 1. The highest BCUT2D eigenvalue weighted by Crippen LogP contribution is 2.21. The second-order valence-electron chi connectivity index (χ2n) is 5.75. The van der Waals surface area contributed by atoms with Crippen molar-refractivity contribution in [1.29, 1.82) is 0 Å². The summed E-state index contributed by atoms with van der Waals surface area (Å²) in [5.74, 6) is -0.0689. The van der Waals surface area contributed by atoms with Gasteiger partial charge in [0.15, 0.2) is 0 Å². The van der Waals surface area contributed by atoms with Crippen LogP contribution < -0.4 is 10.7 Å². The predicted molar refractivity (Wildman–Crippen MR) is 87.0 cm³/mol. The Bertz CT molecular complexity index is 1000. The fourth-order valence-electron chi connectivity index (χ4n) is 2.91. The van der Waals surface area contributed by atoms with E-state index >= 15 is 0 Å². The monoisotopic (exact) mass is 321 g/mol. The first-order valence-electron chi connectivity index (χ1n) is 7.58. The van der Waals surface area contributed by atoms with Crippen molar-refractivity contribution in [3.8, 4) is 5.69 Å². The number of aryl methyl sites for hydroxylation is 1. The number of hydrogen-bond donors (Lipinski definition) is 1. The molecule has 1 aromatic carbocycles. The Kier molecular flexibility index (Phi) is 3.26. The summed E-state index contributed by atoms with van der Waals surface area (Å²) in [6.45, 7) is 0.494. The van der Waals surface area contributed by atoms with Gasteiger partial charge in [0, 0.05) is 37.8 Å². The highest BCUT2D eigenvalue weighted by atomic mass is 16.1. The van der Waals surface area contributed by atoms with E-state index in [1.54, 1.807) is 27.8 Å². The molecule has 120 valence electrons. The molecule has 0 bridgehead atoms. The normalized spacial score (nSPS) is 13.0. The summed E-state index contributed by atoms with van der Waals surface area (Å²) >= 11 is 0. The van der Waals surface area contributed by atoms with Gasteiger partial charge >= 0.3 is 0 Å². The number of aromatic nitrogens is 4. The van der Waals surface area contributed by atoms with Gasteiger partial charge < -0.3 is 5.32 Å². The lowest BCUT2D eigenvalue weighted by atomic mass is 9.99. The van der Waals surface area contributed by atoms with Gasteiger partial charge in [0.2, 0.25) is 5.43 Å². The molecule has 7 heteroatoms. The zero-order valence-electron chi connectivity index (χ0n) is 13.1. The minimum Gasteiger partial charge on any atom is -0.348 e. The van der Waals surface area contributed by atoms with Crippen molar-refractivity contribution >= 4 is 5.91 Å². The minimum atomic E-state index is -0.120. The number of rotatable bonds is 3. The van der Waals surface area contributed by atoms with Crippen LogP contribution >= 0.6 is 0 Å². The highest BCUT2D eigenvalue weighted by Gasteiger charge is 2.21. The van der Waals surface area contributed by atoms with Crippen LogP contribution in [0.1, 0.15) is 27.2 Å². The number of nitrogens with zero attached hydrogens (tertiary/aromatic N) is 4. The van der Waals surface area contributed by atoms with Crippen molar-refractivity contribution in [2.75, 3.05) is 0 Å². The van der Waals surface area contributed by atoms with Gasteiger partial charge in [-0.1, -0.05) is 12.1 Å². The molecule has 1 aliphatic rings. The van der Waals surface area contributed by atoms with Crippen LogP contribution in [0.2, 0.25) is 0 Å².